The lowest BCUT2D eigenvalue weighted by atomic mass is 9.79. The number of hydrogen-bond donors (Lipinski definition) is 0. The van der Waals surface area contributed by atoms with E-state index in [2.05, 4.69) is 51.6 Å². The fourth-order valence-corrected chi connectivity index (χ4v) is 3.86. The topological polar surface area (TPSA) is 35.5 Å². The summed E-state index contributed by atoms with van der Waals surface area (Å²) in [6.45, 7) is 15.1. The largest absolute Gasteiger partial charge is 0.489 e. The molecule has 0 N–H and O–H groups in total. The minimum absolute atomic E-state index is 0.0135. The van der Waals surface area contributed by atoms with Gasteiger partial charge in [-0.3, -0.25) is 4.79 Å². The maximum absolute atomic E-state index is 10.8. The van der Waals surface area contributed by atoms with Crippen molar-refractivity contribution in [2.75, 3.05) is 0 Å². The molecule has 2 aromatic carbocycles. The van der Waals surface area contributed by atoms with Crippen LogP contribution in [0.2, 0.25) is 0 Å². The number of benzene rings is 2. The van der Waals surface area contributed by atoms with E-state index in [-0.39, 0.29) is 5.41 Å². The third-order valence-electron chi connectivity index (χ3n) is 6.01. The summed E-state index contributed by atoms with van der Waals surface area (Å²) in [6.07, 6.45) is 11.3. The number of allylic oxidation sites excluding steroid dienone is 2. The first-order chi connectivity index (χ1) is 16.1. The van der Waals surface area contributed by atoms with Crippen LogP contribution in [-0.2, 0) is 16.8 Å². The van der Waals surface area contributed by atoms with Gasteiger partial charge in [-0.05, 0) is 67.0 Å². The van der Waals surface area contributed by atoms with Crippen LogP contribution >= 0.6 is 0 Å². The van der Waals surface area contributed by atoms with Crippen molar-refractivity contribution in [2.24, 2.45) is 0 Å². The van der Waals surface area contributed by atoms with Crippen molar-refractivity contribution in [3.8, 4) is 11.5 Å². The summed E-state index contributed by atoms with van der Waals surface area (Å²) in [4.78, 5) is 10.8. The number of unbranched alkanes of at least 4 members (excludes halogenated alkanes) is 3. The average molecular weight is 463 g/mol. The van der Waals surface area contributed by atoms with Crippen molar-refractivity contribution in [3.05, 3.63) is 84.0 Å². The molecule has 0 aliphatic carbocycles. The summed E-state index contributed by atoms with van der Waals surface area (Å²) in [6, 6.07) is 16.5. The quantitative estimate of drug-likeness (QED) is 0.115. The molecule has 3 nitrogen and oxygen atoms in total. The van der Waals surface area contributed by atoms with Gasteiger partial charge in [-0.2, -0.15) is 0 Å². The van der Waals surface area contributed by atoms with Crippen LogP contribution in [0.1, 0.15) is 84.3 Å². The molecule has 0 saturated heterocycles. The van der Waals surface area contributed by atoms with Gasteiger partial charge in [0.15, 0.2) is 0 Å². The van der Waals surface area contributed by atoms with Crippen LogP contribution < -0.4 is 9.47 Å². The molecular weight excluding hydrogens is 420 g/mol. The number of carbonyl (C=O) groups excluding carboxylic acids is 1. The van der Waals surface area contributed by atoms with Crippen LogP contribution in [0.15, 0.2) is 72.8 Å². The molecule has 0 amide bonds. The molecule has 184 valence electrons. The lowest BCUT2D eigenvalue weighted by Gasteiger charge is -2.29. The van der Waals surface area contributed by atoms with Crippen molar-refractivity contribution in [2.45, 2.75) is 90.8 Å². The van der Waals surface area contributed by atoms with E-state index < -0.39 is 5.60 Å². The molecule has 0 bridgehead atoms. The highest BCUT2D eigenvalue weighted by Crippen LogP contribution is 2.36. The summed E-state index contributed by atoms with van der Waals surface area (Å²) in [5.74, 6) is 1.60. The Balaban J connectivity index is 2.25. The lowest BCUT2D eigenvalue weighted by molar-refractivity contribution is -0.104. The van der Waals surface area contributed by atoms with E-state index in [1.165, 1.54) is 31.2 Å². The molecule has 0 fully saturated rings. The maximum atomic E-state index is 10.8. The molecule has 0 aliphatic heterocycles. The monoisotopic (exact) mass is 462 g/mol. The SMILES string of the molecule is C=C(C=O)C/C=C/C(C)(C)Oc1cc(OCc2ccccc2)cc(C(C)(C)CCCCCC)c1. The maximum Gasteiger partial charge on any atom is 0.145 e. The summed E-state index contributed by atoms with van der Waals surface area (Å²) in [5, 5.41) is 0. The number of rotatable bonds is 15. The molecule has 0 aliphatic rings. The number of ether oxygens (including phenoxy) is 2. The molecule has 0 aromatic heterocycles. The predicted octanol–water partition coefficient (Wildman–Crippen LogP) is 8.37. The Morgan fingerprint density at radius 2 is 1.68 bits per heavy atom. The van der Waals surface area contributed by atoms with E-state index in [1.54, 1.807) is 0 Å². The van der Waals surface area contributed by atoms with Crippen LogP contribution in [0.25, 0.3) is 0 Å². The fourth-order valence-electron chi connectivity index (χ4n) is 3.86. The van der Waals surface area contributed by atoms with Gasteiger partial charge in [-0.1, -0.05) is 89.4 Å². The van der Waals surface area contributed by atoms with E-state index in [9.17, 15) is 4.79 Å². The molecule has 2 aromatic rings. The van der Waals surface area contributed by atoms with Gasteiger partial charge < -0.3 is 9.47 Å². The summed E-state index contributed by atoms with van der Waals surface area (Å²) in [5.41, 5.74) is 2.38. The Morgan fingerprint density at radius 3 is 2.35 bits per heavy atom. The Bertz CT molecular complexity index is 938. The van der Waals surface area contributed by atoms with Crippen LogP contribution in [-0.4, -0.2) is 11.9 Å². The zero-order valence-corrected chi connectivity index (χ0v) is 21.7. The minimum atomic E-state index is -0.538. The van der Waals surface area contributed by atoms with E-state index in [0.717, 1.165) is 29.8 Å². The first-order valence-corrected chi connectivity index (χ1v) is 12.5. The molecule has 0 atom stereocenters. The smallest absolute Gasteiger partial charge is 0.145 e. The van der Waals surface area contributed by atoms with Gasteiger partial charge in [0.2, 0.25) is 0 Å². The molecule has 0 heterocycles. The highest BCUT2D eigenvalue weighted by atomic mass is 16.5. The first-order valence-electron chi connectivity index (χ1n) is 12.5. The van der Waals surface area contributed by atoms with Crippen LogP contribution in [0.3, 0.4) is 0 Å². The summed E-state index contributed by atoms with van der Waals surface area (Å²) >= 11 is 0. The number of hydrogen-bond acceptors (Lipinski definition) is 3. The predicted molar refractivity (Wildman–Crippen MR) is 143 cm³/mol. The zero-order chi connectivity index (χ0) is 25.0. The normalized spacial score (nSPS) is 12.0. The van der Waals surface area contributed by atoms with Gasteiger partial charge >= 0.3 is 0 Å². The van der Waals surface area contributed by atoms with Gasteiger partial charge in [-0.25, -0.2) is 0 Å². The molecule has 34 heavy (non-hydrogen) atoms. The third-order valence-corrected chi connectivity index (χ3v) is 6.01. The van der Waals surface area contributed by atoms with Crippen molar-refractivity contribution >= 4 is 6.29 Å². The lowest BCUT2D eigenvalue weighted by Crippen LogP contribution is -2.25. The Labute approximate surface area is 206 Å². The highest BCUT2D eigenvalue weighted by Gasteiger charge is 2.24. The summed E-state index contributed by atoms with van der Waals surface area (Å²) in [7, 11) is 0. The molecule has 0 radical (unpaired) electrons. The van der Waals surface area contributed by atoms with E-state index in [0.29, 0.717) is 18.6 Å². The van der Waals surface area contributed by atoms with Crippen LogP contribution in [0, 0.1) is 0 Å². The Morgan fingerprint density at radius 1 is 0.971 bits per heavy atom. The Hall–Kier alpha value is -2.81. The Kier molecular flexibility index (Phi) is 10.6. The summed E-state index contributed by atoms with van der Waals surface area (Å²) < 4.78 is 12.6. The second-order valence-electron chi connectivity index (χ2n) is 10.3. The average Bonchev–Trinajstić information content (AvgIpc) is 2.80. The second-order valence-corrected chi connectivity index (χ2v) is 10.3. The van der Waals surface area contributed by atoms with Gasteiger partial charge in [0.1, 0.15) is 30.0 Å². The zero-order valence-electron chi connectivity index (χ0n) is 21.7. The third kappa shape index (κ3) is 9.59. The first kappa shape index (κ1) is 27.4. The number of aldehydes is 1. The van der Waals surface area contributed by atoms with Crippen molar-refractivity contribution in [1.82, 2.24) is 0 Å². The molecule has 2 rings (SSSR count). The molecule has 0 spiro atoms. The van der Waals surface area contributed by atoms with E-state index in [1.807, 2.05) is 50.3 Å². The van der Waals surface area contributed by atoms with Crippen LogP contribution in [0.4, 0.5) is 0 Å². The second kappa shape index (κ2) is 13.2. The van der Waals surface area contributed by atoms with E-state index in [4.69, 9.17) is 9.47 Å². The molecule has 0 unspecified atom stereocenters. The number of carbonyl (C=O) groups is 1. The van der Waals surface area contributed by atoms with Gasteiger partial charge in [0.05, 0.1) is 0 Å². The van der Waals surface area contributed by atoms with Crippen molar-refractivity contribution in [3.63, 3.8) is 0 Å². The van der Waals surface area contributed by atoms with Gasteiger partial charge in [0.25, 0.3) is 0 Å². The highest BCUT2D eigenvalue weighted by molar-refractivity contribution is 5.72. The fraction of sp³-hybridized carbons (Fsp3) is 0.452. The van der Waals surface area contributed by atoms with E-state index >= 15 is 0 Å². The van der Waals surface area contributed by atoms with Crippen molar-refractivity contribution in [1.29, 1.82) is 0 Å². The molecular formula is C31H42O3. The minimum Gasteiger partial charge on any atom is -0.489 e. The molecule has 0 saturated carbocycles. The molecule has 3 heteroatoms. The van der Waals surface area contributed by atoms with Crippen molar-refractivity contribution < 1.29 is 14.3 Å². The van der Waals surface area contributed by atoms with Gasteiger partial charge in [-0.15, -0.1) is 0 Å². The van der Waals surface area contributed by atoms with Crippen LogP contribution in [0.5, 0.6) is 11.5 Å². The van der Waals surface area contributed by atoms with Gasteiger partial charge in [0, 0.05) is 6.07 Å². The standard InChI is InChI=1S/C31H42O3/c1-7-8-9-13-18-30(3,4)27-20-28(33-24-26-16-11-10-12-17-26)22-29(21-27)34-31(5,6)19-14-15-25(2)23-32/h10-12,14,16-17,19-23H,2,7-9,13,15,18,24H2,1,3-6H3/b19-14+.